The first-order chi connectivity index (χ1) is 4.77. The first-order valence-corrected chi connectivity index (χ1v) is 4.25. The molecule has 0 fully saturated rings. The number of aliphatic hydroxyl groups is 2. The third-order valence-electron chi connectivity index (χ3n) is 0.527. The molecule has 0 aromatic rings. The van der Waals surface area contributed by atoms with Gasteiger partial charge in [0, 0.05) is 0 Å². The Bertz CT molecular complexity index is 75.6. The Kier molecular flexibility index (Phi) is 13.9. The molecule has 0 heterocycles. The molecular weight excluding hydrogens is 178 g/mol. The molecule has 1 atom stereocenters. The van der Waals surface area contributed by atoms with E-state index in [4.69, 9.17) is 21.8 Å². The van der Waals surface area contributed by atoms with Gasteiger partial charge in [-0.2, -0.15) is 0 Å². The van der Waals surface area contributed by atoms with Gasteiger partial charge in [0.05, 0.1) is 5.60 Å². The second kappa shape index (κ2) is 9.26. The van der Waals surface area contributed by atoms with Crippen LogP contribution >= 0.6 is 11.6 Å². The van der Waals surface area contributed by atoms with Crippen molar-refractivity contribution in [2.45, 2.75) is 51.7 Å². The second-order valence-corrected chi connectivity index (χ2v) is 3.90. The maximum absolute atomic E-state index is 8.52. The number of hydrogen-bond donors (Lipinski definition) is 3. The minimum Gasteiger partial charge on any atom is -0.391 e. The van der Waals surface area contributed by atoms with Crippen molar-refractivity contribution < 1.29 is 10.2 Å². The third-order valence-corrected chi connectivity index (χ3v) is 0.745. The summed E-state index contributed by atoms with van der Waals surface area (Å²) in [5, 5.41) is 16.8. The van der Waals surface area contributed by atoms with Crippen LogP contribution in [0.5, 0.6) is 0 Å². The van der Waals surface area contributed by atoms with Crippen molar-refractivity contribution in [3.05, 3.63) is 0 Å². The fourth-order valence-electron chi connectivity index (χ4n) is 0.238. The molecule has 0 aromatic carbocycles. The Morgan fingerprint density at radius 1 is 1.33 bits per heavy atom. The molecule has 12 heavy (non-hydrogen) atoms. The van der Waals surface area contributed by atoms with Gasteiger partial charge < -0.3 is 16.4 Å². The van der Waals surface area contributed by atoms with Crippen molar-refractivity contribution in [3.8, 4) is 0 Å². The number of alkyl halides is 1. The lowest BCUT2D eigenvalue weighted by atomic mass is 10.2. The molecule has 3 nitrogen and oxygen atoms in total. The minimum absolute atomic E-state index is 0. The summed E-state index contributed by atoms with van der Waals surface area (Å²) in [7, 11) is 0. The van der Waals surface area contributed by atoms with Crippen LogP contribution in [-0.2, 0) is 0 Å². The molecule has 0 spiro atoms. The van der Waals surface area contributed by atoms with E-state index in [9.17, 15) is 0 Å². The van der Waals surface area contributed by atoms with E-state index in [0.717, 1.165) is 6.42 Å². The van der Waals surface area contributed by atoms with Crippen LogP contribution in [0, 0.1) is 0 Å². The molecule has 0 bridgehead atoms. The molecular formula is C8H22ClNO2. The van der Waals surface area contributed by atoms with Crippen LogP contribution in [0.15, 0.2) is 0 Å². The number of rotatable bonds is 2. The Morgan fingerprint density at radius 3 is 1.58 bits per heavy atom. The van der Waals surface area contributed by atoms with Crippen LogP contribution in [-0.4, -0.2) is 21.4 Å². The molecule has 5 N–H and O–H groups in total. The standard InChI is InChI=1S/C4H9ClO.C4H10O.H3N/c1-2-3-4(5)6;1-4(2,3)5;/h4,6H,2-3H2,1H3;5H,1-3H3;1H3. The fourth-order valence-corrected chi connectivity index (χ4v) is 0.456. The number of halogens is 1. The second-order valence-electron chi connectivity index (χ2n) is 3.39. The monoisotopic (exact) mass is 199 g/mol. The molecule has 0 saturated carbocycles. The molecule has 4 heteroatoms. The highest BCUT2D eigenvalue weighted by molar-refractivity contribution is 6.19. The zero-order chi connectivity index (χ0) is 9.49. The summed E-state index contributed by atoms with van der Waals surface area (Å²) in [6.45, 7) is 7.21. The smallest absolute Gasteiger partial charge is 0.128 e. The molecule has 0 rings (SSSR count). The van der Waals surface area contributed by atoms with Gasteiger partial charge in [-0.05, 0) is 27.2 Å². The average Bonchev–Trinajstić information content (AvgIpc) is 1.58. The van der Waals surface area contributed by atoms with Gasteiger partial charge in [-0.15, -0.1) is 0 Å². The van der Waals surface area contributed by atoms with Crippen LogP contribution in [0.3, 0.4) is 0 Å². The van der Waals surface area contributed by atoms with Gasteiger partial charge in [0.15, 0.2) is 0 Å². The highest BCUT2D eigenvalue weighted by Gasteiger charge is 1.97. The van der Waals surface area contributed by atoms with Crippen LogP contribution in [0.1, 0.15) is 40.5 Å². The predicted octanol–water partition coefficient (Wildman–Crippen LogP) is 2.28. The van der Waals surface area contributed by atoms with Crippen molar-refractivity contribution in [1.82, 2.24) is 6.15 Å². The van der Waals surface area contributed by atoms with Crippen LogP contribution < -0.4 is 6.15 Å². The molecule has 0 amide bonds. The molecule has 0 aliphatic rings. The lowest BCUT2D eigenvalue weighted by molar-refractivity contribution is 0.102. The third kappa shape index (κ3) is 85.1. The average molecular weight is 200 g/mol. The van der Waals surface area contributed by atoms with Gasteiger partial charge in [0.2, 0.25) is 0 Å². The number of aliphatic hydroxyl groups excluding tert-OH is 1. The van der Waals surface area contributed by atoms with E-state index in [2.05, 4.69) is 0 Å². The summed E-state index contributed by atoms with van der Waals surface area (Å²) in [6, 6.07) is 0. The van der Waals surface area contributed by atoms with E-state index in [1.807, 2.05) is 6.92 Å². The van der Waals surface area contributed by atoms with Gasteiger partial charge in [0.1, 0.15) is 5.56 Å². The topological polar surface area (TPSA) is 75.5 Å². The van der Waals surface area contributed by atoms with Crippen LogP contribution in [0.2, 0.25) is 0 Å². The van der Waals surface area contributed by atoms with Crippen molar-refractivity contribution in [3.63, 3.8) is 0 Å². The zero-order valence-corrected chi connectivity index (χ0v) is 9.23. The summed E-state index contributed by atoms with van der Waals surface area (Å²) in [4.78, 5) is 0. The minimum atomic E-state index is -0.630. The maximum atomic E-state index is 8.52. The van der Waals surface area contributed by atoms with E-state index in [0.29, 0.717) is 6.42 Å². The molecule has 0 aromatic heterocycles. The molecule has 0 radical (unpaired) electrons. The Labute approximate surface area is 80.3 Å². The summed E-state index contributed by atoms with van der Waals surface area (Å²) in [5.74, 6) is 0. The lowest BCUT2D eigenvalue weighted by Gasteiger charge is -2.04. The van der Waals surface area contributed by atoms with E-state index >= 15 is 0 Å². The van der Waals surface area contributed by atoms with E-state index in [-0.39, 0.29) is 6.15 Å². The zero-order valence-electron chi connectivity index (χ0n) is 8.47. The number of hydrogen-bond acceptors (Lipinski definition) is 3. The van der Waals surface area contributed by atoms with Gasteiger partial charge in [-0.3, -0.25) is 0 Å². The van der Waals surface area contributed by atoms with Crippen LogP contribution in [0.4, 0.5) is 0 Å². The fraction of sp³-hybridized carbons (Fsp3) is 1.00. The van der Waals surface area contributed by atoms with Crippen LogP contribution in [0.25, 0.3) is 0 Å². The first kappa shape index (κ1) is 18.1. The van der Waals surface area contributed by atoms with Crippen molar-refractivity contribution in [2.24, 2.45) is 0 Å². The molecule has 78 valence electrons. The van der Waals surface area contributed by atoms with E-state index in [1.54, 1.807) is 20.8 Å². The highest BCUT2D eigenvalue weighted by atomic mass is 35.5. The van der Waals surface area contributed by atoms with Gasteiger partial charge in [-0.1, -0.05) is 24.9 Å². The molecule has 0 aliphatic carbocycles. The SMILES string of the molecule is CC(C)(C)O.CCCC(O)Cl.N. The van der Waals surface area contributed by atoms with Crippen molar-refractivity contribution >= 4 is 11.6 Å². The largest absolute Gasteiger partial charge is 0.391 e. The Morgan fingerprint density at radius 2 is 1.58 bits per heavy atom. The van der Waals surface area contributed by atoms with Gasteiger partial charge in [-0.25, -0.2) is 0 Å². The van der Waals surface area contributed by atoms with E-state index in [1.165, 1.54) is 0 Å². The quantitative estimate of drug-likeness (QED) is 0.598. The Balaban J connectivity index is -0.000000126. The molecule has 0 aliphatic heterocycles. The first-order valence-electron chi connectivity index (χ1n) is 3.82. The predicted molar refractivity (Wildman–Crippen MR) is 53.8 cm³/mol. The summed E-state index contributed by atoms with van der Waals surface area (Å²) < 4.78 is 0. The van der Waals surface area contributed by atoms with E-state index < -0.39 is 11.2 Å². The summed E-state index contributed by atoms with van der Waals surface area (Å²) >= 11 is 5.13. The summed E-state index contributed by atoms with van der Waals surface area (Å²) in [6.07, 6.45) is 1.65. The Hall–Kier alpha value is 0.170. The molecule has 0 saturated heterocycles. The lowest BCUT2D eigenvalue weighted by Crippen LogP contribution is -2.10. The van der Waals surface area contributed by atoms with Crippen molar-refractivity contribution in [1.29, 1.82) is 0 Å². The summed E-state index contributed by atoms with van der Waals surface area (Å²) in [5.41, 5.74) is -1.13. The van der Waals surface area contributed by atoms with Gasteiger partial charge >= 0.3 is 0 Å². The highest BCUT2D eigenvalue weighted by Crippen LogP contribution is 1.98. The normalized spacial score (nSPS) is 12.2. The van der Waals surface area contributed by atoms with Crippen molar-refractivity contribution in [2.75, 3.05) is 0 Å². The van der Waals surface area contributed by atoms with Gasteiger partial charge in [0.25, 0.3) is 0 Å². The molecule has 1 unspecified atom stereocenters. The maximum Gasteiger partial charge on any atom is 0.128 e.